The van der Waals surface area contributed by atoms with Gasteiger partial charge < -0.3 is 19.1 Å². The molecule has 1 saturated heterocycles. The first-order valence-corrected chi connectivity index (χ1v) is 11.0. The second kappa shape index (κ2) is 8.74. The highest BCUT2D eigenvalue weighted by Crippen LogP contribution is 2.34. The van der Waals surface area contributed by atoms with Crippen molar-refractivity contribution in [1.82, 2.24) is 15.0 Å². The molecule has 0 radical (unpaired) electrons. The number of carbonyl (C=O) groups is 2. The number of nitrogens with zero attached hydrogens (tertiary/aromatic N) is 5. The fourth-order valence-electron chi connectivity index (χ4n) is 4.04. The van der Waals surface area contributed by atoms with Crippen LogP contribution < -0.4 is 14.5 Å². The molecule has 1 aromatic heterocycles. The topological polar surface area (TPSA) is 92.0 Å². The van der Waals surface area contributed by atoms with Crippen LogP contribution in [-0.4, -0.2) is 66.2 Å². The third-order valence-electron chi connectivity index (χ3n) is 5.81. The van der Waals surface area contributed by atoms with Gasteiger partial charge in [-0.1, -0.05) is 16.8 Å². The zero-order chi connectivity index (χ0) is 22.9. The van der Waals surface area contributed by atoms with Gasteiger partial charge in [-0.05, 0) is 42.5 Å². The second-order valence-electron chi connectivity index (χ2n) is 7.93. The van der Waals surface area contributed by atoms with Gasteiger partial charge in [0.15, 0.2) is 6.61 Å². The van der Waals surface area contributed by atoms with Crippen LogP contribution in [0.3, 0.4) is 0 Å². The standard InChI is InChI=1S/C23H22ClN5O4/c1-15-25-23(26-33-15)16-2-5-18(6-3-16)27-8-10-28(11-9-27)21(30)13-29-19-12-17(24)4-7-20(19)32-14-22(29)31/h2-7,12H,8-11,13-14H2,1H3. The predicted molar refractivity (Wildman–Crippen MR) is 123 cm³/mol. The molecule has 33 heavy (non-hydrogen) atoms. The van der Waals surface area contributed by atoms with E-state index in [1.807, 2.05) is 24.3 Å². The Kier molecular flexibility index (Phi) is 5.63. The van der Waals surface area contributed by atoms with Gasteiger partial charge in [-0.3, -0.25) is 14.5 Å². The second-order valence-corrected chi connectivity index (χ2v) is 8.37. The number of hydrogen-bond acceptors (Lipinski definition) is 7. The van der Waals surface area contributed by atoms with E-state index < -0.39 is 0 Å². The molecule has 3 aromatic rings. The number of aryl methyl sites for hydroxylation is 1. The van der Waals surface area contributed by atoms with E-state index in [-0.39, 0.29) is 25.0 Å². The molecule has 1 fully saturated rings. The van der Waals surface area contributed by atoms with Gasteiger partial charge in [0.25, 0.3) is 5.91 Å². The summed E-state index contributed by atoms with van der Waals surface area (Å²) in [5.74, 6) is 1.29. The van der Waals surface area contributed by atoms with E-state index in [1.54, 1.807) is 30.0 Å². The fourth-order valence-corrected chi connectivity index (χ4v) is 4.20. The number of fused-ring (bicyclic) bond motifs is 1. The van der Waals surface area contributed by atoms with Crippen molar-refractivity contribution in [2.45, 2.75) is 6.92 Å². The SMILES string of the molecule is Cc1nc(-c2ccc(N3CCN(C(=O)CN4C(=O)COc5ccc(Cl)cc54)CC3)cc2)no1. The van der Waals surface area contributed by atoms with E-state index in [0.29, 0.717) is 54.4 Å². The first-order valence-electron chi connectivity index (χ1n) is 10.6. The molecule has 0 bridgehead atoms. The molecule has 0 saturated carbocycles. The van der Waals surface area contributed by atoms with Gasteiger partial charge in [0.05, 0.1) is 5.69 Å². The molecule has 2 aromatic carbocycles. The summed E-state index contributed by atoms with van der Waals surface area (Å²) in [6.07, 6.45) is 0. The molecule has 0 N–H and O–H groups in total. The Morgan fingerprint density at radius 1 is 1.09 bits per heavy atom. The van der Waals surface area contributed by atoms with Gasteiger partial charge >= 0.3 is 0 Å². The number of amides is 2. The highest BCUT2D eigenvalue weighted by molar-refractivity contribution is 6.31. The maximum absolute atomic E-state index is 13.0. The van der Waals surface area contributed by atoms with Crippen LogP contribution in [0.4, 0.5) is 11.4 Å². The van der Waals surface area contributed by atoms with Crippen LogP contribution in [-0.2, 0) is 9.59 Å². The molecule has 2 aliphatic heterocycles. The molecule has 0 spiro atoms. The minimum absolute atomic E-state index is 0.0334. The first-order chi connectivity index (χ1) is 16.0. The Balaban J connectivity index is 1.20. The van der Waals surface area contributed by atoms with Crippen LogP contribution in [0.25, 0.3) is 11.4 Å². The number of anilines is 2. The molecule has 170 valence electrons. The number of rotatable bonds is 4. The Morgan fingerprint density at radius 2 is 1.85 bits per heavy atom. The summed E-state index contributed by atoms with van der Waals surface area (Å²) in [7, 11) is 0. The monoisotopic (exact) mass is 467 g/mol. The average Bonchev–Trinajstić information content (AvgIpc) is 3.27. The number of ether oxygens (including phenoxy) is 1. The maximum atomic E-state index is 13.0. The van der Waals surface area contributed by atoms with Gasteiger partial charge in [-0.15, -0.1) is 0 Å². The number of halogens is 1. The number of carbonyl (C=O) groups excluding carboxylic acids is 2. The van der Waals surface area contributed by atoms with Crippen molar-refractivity contribution in [2.75, 3.05) is 49.1 Å². The minimum atomic E-state index is -0.256. The van der Waals surface area contributed by atoms with Crippen molar-refractivity contribution in [2.24, 2.45) is 0 Å². The largest absolute Gasteiger partial charge is 0.482 e. The Labute approximate surface area is 195 Å². The van der Waals surface area contributed by atoms with Gasteiger partial charge in [0, 0.05) is 49.4 Å². The molecule has 0 aliphatic carbocycles. The lowest BCUT2D eigenvalue weighted by Crippen LogP contribution is -2.53. The van der Waals surface area contributed by atoms with Crippen molar-refractivity contribution in [3.63, 3.8) is 0 Å². The Bertz CT molecular complexity index is 1190. The molecular weight excluding hydrogens is 446 g/mol. The first kappa shape index (κ1) is 21.3. The van der Waals surface area contributed by atoms with Crippen molar-refractivity contribution >= 4 is 34.8 Å². The summed E-state index contributed by atoms with van der Waals surface area (Å²) in [6, 6.07) is 13.0. The van der Waals surface area contributed by atoms with Crippen molar-refractivity contribution in [3.05, 3.63) is 53.4 Å². The van der Waals surface area contributed by atoms with E-state index in [2.05, 4.69) is 15.0 Å². The zero-order valence-corrected chi connectivity index (χ0v) is 18.8. The van der Waals surface area contributed by atoms with Crippen LogP contribution >= 0.6 is 11.6 Å². The summed E-state index contributed by atoms with van der Waals surface area (Å²) < 4.78 is 10.5. The van der Waals surface area contributed by atoms with E-state index in [1.165, 1.54) is 4.90 Å². The summed E-state index contributed by atoms with van der Waals surface area (Å²) in [5.41, 5.74) is 2.49. The lowest BCUT2D eigenvalue weighted by molar-refractivity contribution is -0.132. The third-order valence-corrected chi connectivity index (χ3v) is 6.04. The van der Waals surface area contributed by atoms with E-state index in [9.17, 15) is 9.59 Å². The molecule has 2 aliphatic rings. The van der Waals surface area contributed by atoms with E-state index in [0.717, 1.165) is 11.3 Å². The summed E-state index contributed by atoms with van der Waals surface area (Å²) >= 11 is 6.09. The van der Waals surface area contributed by atoms with E-state index in [4.69, 9.17) is 20.9 Å². The van der Waals surface area contributed by atoms with Crippen molar-refractivity contribution < 1.29 is 18.8 Å². The van der Waals surface area contributed by atoms with E-state index >= 15 is 0 Å². The molecule has 10 heteroatoms. The van der Waals surface area contributed by atoms with Crippen molar-refractivity contribution in [1.29, 1.82) is 0 Å². The van der Waals surface area contributed by atoms with Gasteiger partial charge in [0.2, 0.25) is 17.6 Å². The average molecular weight is 468 g/mol. The number of hydrogen-bond donors (Lipinski definition) is 0. The highest BCUT2D eigenvalue weighted by atomic mass is 35.5. The minimum Gasteiger partial charge on any atom is -0.482 e. The van der Waals surface area contributed by atoms with Gasteiger partial charge in [-0.2, -0.15) is 4.98 Å². The Morgan fingerprint density at radius 3 is 2.55 bits per heavy atom. The molecule has 0 atom stereocenters. The molecule has 3 heterocycles. The lowest BCUT2D eigenvalue weighted by Gasteiger charge is -2.37. The van der Waals surface area contributed by atoms with Gasteiger partial charge in [-0.25, -0.2) is 0 Å². The van der Waals surface area contributed by atoms with Gasteiger partial charge in [0.1, 0.15) is 12.3 Å². The number of piperazine rings is 1. The van der Waals surface area contributed by atoms with Crippen LogP contribution in [0.5, 0.6) is 5.75 Å². The Hall–Kier alpha value is -3.59. The summed E-state index contributed by atoms with van der Waals surface area (Å²) in [5, 5.41) is 4.43. The summed E-state index contributed by atoms with van der Waals surface area (Å²) in [6.45, 7) is 4.19. The van der Waals surface area contributed by atoms with Crippen LogP contribution in [0, 0.1) is 6.92 Å². The number of benzene rings is 2. The lowest BCUT2D eigenvalue weighted by atomic mass is 10.1. The molecule has 5 rings (SSSR count). The zero-order valence-electron chi connectivity index (χ0n) is 18.0. The normalized spacial score (nSPS) is 15.9. The highest BCUT2D eigenvalue weighted by Gasteiger charge is 2.30. The van der Waals surface area contributed by atoms with Crippen LogP contribution in [0.15, 0.2) is 47.0 Å². The molecule has 2 amide bonds. The smallest absolute Gasteiger partial charge is 0.265 e. The maximum Gasteiger partial charge on any atom is 0.265 e. The quantitative estimate of drug-likeness (QED) is 0.582. The van der Waals surface area contributed by atoms with Crippen molar-refractivity contribution in [3.8, 4) is 17.1 Å². The number of aromatic nitrogens is 2. The summed E-state index contributed by atoms with van der Waals surface area (Å²) in [4.78, 5) is 35.1. The third kappa shape index (κ3) is 4.36. The molecule has 9 nitrogen and oxygen atoms in total. The van der Waals surface area contributed by atoms with Crippen LogP contribution in [0.1, 0.15) is 5.89 Å². The fraction of sp³-hybridized carbons (Fsp3) is 0.304. The van der Waals surface area contributed by atoms with Crippen LogP contribution in [0.2, 0.25) is 5.02 Å². The molecular formula is C23H22ClN5O4. The predicted octanol–water partition coefficient (Wildman–Crippen LogP) is 2.77. The molecule has 0 unspecified atom stereocenters.